The molecule has 0 amide bonds. The molecule has 0 fully saturated rings. The summed E-state index contributed by atoms with van der Waals surface area (Å²) in [6, 6.07) is 3.47. The lowest BCUT2D eigenvalue weighted by atomic mass is 10.0. The van der Waals surface area contributed by atoms with Crippen molar-refractivity contribution in [3.8, 4) is 0 Å². The molecule has 2 aromatic rings. The van der Waals surface area contributed by atoms with Gasteiger partial charge in [-0.3, -0.25) is 4.79 Å². The third-order valence-electron chi connectivity index (χ3n) is 3.23. The van der Waals surface area contributed by atoms with Crippen molar-refractivity contribution in [2.45, 2.75) is 32.2 Å². The summed E-state index contributed by atoms with van der Waals surface area (Å²) < 4.78 is 5.72. The predicted octanol–water partition coefficient (Wildman–Crippen LogP) is 2.35. The average Bonchev–Trinajstić information content (AvgIpc) is 2.77. The number of aromatic amines is 2. The van der Waals surface area contributed by atoms with Crippen LogP contribution in [0.4, 0.5) is 0 Å². The summed E-state index contributed by atoms with van der Waals surface area (Å²) in [5.74, 6) is -0.200. The third-order valence-corrected chi connectivity index (χ3v) is 3.92. The molecule has 114 valence electrons. The van der Waals surface area contributed by atoms with Crippen molar-refractivity contribution in [3.05, 3.63) is 32.7 Å². The zero-order chi connectivity index (χ0) is 15.4. The zero-order valence-electron chi connectivity index (χ0n) is 11.7. The number of halogens is 1. The molecule has 1 atom stereocenters. The number of hydrogen-bond acceptors (Lipinski definition) is 4. The van der Waals surface area contributed by atoms with E-state index in [1.807, 2.05) is 12.1 Å². The van der Waals surface area contributed by atoms with Crippen LogP contribution in [0.3, 0.4) is 0 Å². The van der Waals surface area contributed by atoms with Gasteiger partial charge in [-0.2, -0.15) is 0 Å². The molecule has 0 aliphatic rings. The van der Waals surface area contributed by atoms with E-state index in [4.69, 9.17) is 10.5 Å². The van der Waals surface area contributed by atoms with Gasteiger partial charge in [0.05, 0.1) is 17.6 Å². The van der Waals surface area contributed by atoms with Gasteiger partial charge in [-0.1, -0.05) is 15.9 Å². The Labute approximate surface area is 130 Å². The molecule has 0 bridgehead atoms. The lowest BCUT2D eigenvalue weighted by Crippen LogP contribution is -2.12. The SMILES string of the molecule is CCOC(=O)CCCC(N)c1cc2[nH]c(=O)[nH]c2cc1Br. The highest BCUT2D eigenvalue weighted by Crippen LogP contribution is 2.28. The second-order valence-electron chi connectivity index (χ2n) is 4.80. The standard InChI is InChI=1S/C14H18BrN3O3/c1-2-21-13(19)5-3-4-10(16)8-6-11-12(7-9(8)15)18-14(20)17-11/h6-7,10H,2-5,16H2,1H3,(H2,17,18,20). The van der Waals surface area contributed by atoms with Crippen molar-refractivity contribution in [2.24, 2.45) is 5.73 Å². The van der Waals surface area contributed by atoms with E-state index in [-0.39, 0.29) is 17.7 Å². The van der Waals surface area contributed by atoms with Gasteiger partial charge in [-0.05, 0) is 37.5 Å². The summed E-state index contributed by atoms with van der Waals surface area (Å²) in [4.78, 5) is 28.0. The van der Waals surface area contributed by atoms with Crippen molar-refractivity contribution >= 4 is 32.9 Å². The quantitative estimate of drug-likeness (QED) is 0.692. The number of nitrogens with two attached hydrogens (primary N) is 1. The Bertz CT molecular complexity index is 692. The number of carbonyl (C=O) groups excluding carboxylic acids is 1. The number of fused-ring (bicyclic) bond motifs is 1. The zero-order valence-corrected chi connectivity index (χ0v) is 13.3. The van der Waals surface area contributed by atoms with Crippen molar-refractivity contribution in [1.29, 1.82) is 0 Å². The average molecular weight is 356 g/mol. The number of nitrogens with one attached hydrogen (secondary N) is 2. The Morgan fingerprint density at radius 2 is 2.05 bits per heavy atom. The Morgan fingerprint density at radius 3 is 2.71 bits per heavy atom. The molecule has 0 aliphatic carbocycles. The second kappa shape index (κ2) is 6.91. The minimum atomic E-state index is -0.245. The molecule has 1 aromatic heterocycles. The monoisotopic (exact) mass is 355 g/mol. The summed E-state index contributed by atoms with van der Waals surface area (Å²) in [5, 5.41) is 0. The number of H-pyrrole nitrogens is 2. The van der Waals surface area contributed by atoms with Crippen molar-refractivity contribution in [2.75, 3.05) is 6.61 Å². The van der Waals surface area contributed by atoms with Gasteiger partial charge < -0.3 is 20.4 Å². The van der Waals surface area contributed by atoms with Crippen LogP contribution in [0.1, 0.15) is 37.8 Å². The summed E-state index contributed by atoms with van der Waals surface area (Å²) in [7, 11) is 0. The maximum Gasteiger partial charge on any atom is 0.323 e. The molecule has 1 unspecified atom stereocenters. The molecular weight excluding hydrogens is 338 g/mol. The van der Waals surface area contributed by atoms with Crippen LogP contribution >= 0.6 is 15.9 Å². The molecule has 7 heteroatoms. The number of carbonyl (C=O) groups is 1. The summed E-state index contributed by atoms with van der Waals surface area (Å²) in [6.07, 6.45) is 1.69. The van der Waals surface area contributed by atoms with E-state index in [2.05, 4.69) is 25.9 Å². The van der Waals surface area contributed by atoms with E-state index >= 15 is 0 Å². The molecule has 0 radical (unpaired) electrons. The molecule has 0 spiro atoms. The van der Waals surface area contributed by atoms with Crippen molar-refractivity contribution in [1.82, 2.24) is 9.97 Å². The molecule has 4 N–H and O–H groups in total. The van der Waals surface area contributed by atoms with Crippen molar-refractivity contribution in [3.63, 3.8) is 0 Å². The summed E-state index contributed by atoms with van der Waals surface area (Å²) >= 11 is 3.47. The first-order valence-electron chi connectivity index (χ1n) is 6.84. The first-order chi connectivity index (χ1) is 10.0. The summed E-state index contributed by atoms with van der Waals surface area (Å²) in [5.41, 5.74) is 8.28. The molecule has 0 saturated heterocycles. The number of imidazole rings is 1. The largest absolute Gasteiger partial charge is 0.466 e. The van der Waals surface area contributed by atoms with Crippen LogP contribution in [0.2, 0.25) is 0 Å². The van der Waals surface area contributed by atoms with Gasteiger partial charge in [-0.15, -0.1) is 0 Å². The van der Waals surface area contributed by atoms with E-state index in [9.17, 15) is 9.59 Å². The molecule has 1 aromatic carbocycles. The van der Waals surface area contributed by atoms with E-state index in [0.717, 1.165) is 21.1 Å². The highest BCUT2D eigenvalue weighted by Gasteiger charge is 2.13. The molecule has 2 rings (SSSR count). The molecule has 6 nitrogen and oxygen atoms in total. The Hall–Kier alpha value is -1.60. The van der Waals surface area contributed by atoms with Crippen LogP contribution in [0.25, 0.3) is 11.0 Å². The molecule has 1 heterocycles. The normalized spacial score (nSPS) is 12.5. The number of aromatic nitrogens is 2. The van der Waals surface area contributed by atoms with Crippen LogP contribution in [0.15, 0.2) is 21.4 Å². The van der Waals surface area contributed by atoms with Crippen LogP contribution in [-0.4, -0.2) is 22.5 Å². The minimum Gasteiger partial charge on any atom is -0.466 e. The molecular formula is C14H18BrN3O3. The summed E-state index contributed by atoms with van der Waals surface area (Å²) in [6.45, 7) is 2.18. The lowest BCUT2D eigenvalue weighted by Gasteiger charge is -2.14. The molecule has 0 aliphatic heterocycles. The number of benzene rings is 1. The van der Waals surface area contributed by atoms with Gasteiger partial charge in [0.1, 0.15) is 0 Å². The number of esters is 1. The highest BCUT2D eigenvalue weighted by molar-refractivity contribution is 9.10. The van der Waals surface area contributed by atoms with Crippen LogP contribution < -0.4 is 11.4 Å². The first kappa shape index (κ1) is 15.8. The van der Waals surface area contributed by atoms with E-state index in [1.165, 1.54) is 0 Å². The molecule has 21 heavy (non-hydrogen) atoms. The van der Waals surface area contributed by atoms with Gasteiger partial charge in [-0.25, -0.2) is 4.79 Å². The fourth-order valence-electron chi connectivity index (χ4n) is 2.21. The topological polar surface area (TPSA) is 101 Å². The van der Waals surface area contributed by atoms with Crippen LogP contribution in [0, 0.1) is 0 Å². The Balaban J connectivity index is 2.04. The lowest BCUT2D eigenvalue weighted by molar-refractivity contribution is -0.143. The fourth-order valence-corrected chi connectivity index (χ4v) is 2.85. The Morgan fingerprint density at radius 1 is 1.38 bits per heavy atom. The van der Waals surface area contributed by atoms with Gasteiger partial charge in [0, 0.05) is 16.9 Å². The Kier molecular flexibility index (Phi) is 5.19. The van der Waals surface area contributed by atoms with E-state index in [0.29, 0.717) is 25.9 Å². The van der Waals surface area contributed by atoms with Crippen molar-refractivity contribution < 1.29 is 9.53 Å². The van der Waals surface area contributed by atoms with Gasteiger partial charge in [0.15, 0.2) is 0 Å². The minimum absolute atomic E-state index is 0.200. The predicted molar refractivity (Wildman–Crippen MR) is 84.0 cm³/mol. The van der Waals surface area contributed by atoms with Crippen LogP contribution in [0.5, 0.6) is 0 Å². The maximum absolute atomic E-state index is 11.3. The van der Waals surface area contributed by atoms with Gasteiger partial charge in [0.2, 0.25) is 0 Å². The molecule has 0 saturated carbocycles. The second-order valence-corrected chi connectivity index (χ2v) is 5.66. The highest BCUT2D eigenvalue weighted by atomic mass is 79.9. The van der Waals surface area contributed by atoms with E-state index in [1.54, 1.807) is 6.92 Å². The maximum atomic E-state index is 11.3. The first-order valence-corrected chi connectivity index (χ1v) is 7.63. The number of hydrogen-bond donors (Lipinski definition) is 3. The smallest absolute Gasteiger partial charge is 0.323 e. The van der Waals surface area contributed by atoms with E-state index < -0.39 is 0 Å². The fraction of sp³-hybridized carbons (Fsp3) is 0.429. The third kappa shape index (κ3) is 3.95. The number of ether oxygens (including phenoxy) is 1. The van der Waals surface area contributed by atoms with Crippen LogP contribution in [-0.2, 0) is 9.53 Å². The van der Waals surface area contributed by atoms with Gasteiger partial charge >= 0.3 is 11.7 Å². The van der Waals surface area contributed by atoms with Gasteiger partial charge in [0.25, 0.3) is 0 Å². The number of rotatable bonds is 6.